The molecule has 3 nitrogen and oxygen atoms in total. The number of benzene rings is 2. The van der Waals surface area contributed by atoms with E-state index in [0.717, 1.165) is 6.42 Å². The monoisotopic (exact) mass is 307 g/mol. The minimum Gasteiger partial charge on any atom is -0.359 e. The smallest absolute Gasteiger partial charge is 0.0809 e. The zero-order chi connectivity index (χ0) is 16.4. The van der Waals surface area contributed by atoms with E-state index in [1.807, 2.05) is 0 Å². The molecule has 0 N–H and O–H groups in total. The van der Waals surface area contributed by atoms with Crippen LogP contribution in [0.4, 0.5) is 5.69 Å². The molecule has 0 aliphatic heterocycles. The number of fused-ring (bicyclic) bond motifs is 1. The molecular weight excluding hydrogens is 282 g/mol. The van der Waals surface area contributed by atoms with E-state index < -0.39 is 0 Å². The molecule has 3 aromatic rings. The number of hydrogen-bond donors (Lipinski definition) is 0. The van der Waals surface area contributed by atoms with E-state index in [1.54, 1.807) is 0 Å². The highest BCUT2D eigenvalue weighted by Gasteiger charge is 2.15. The van der Waals surface area contributed by atoms with Crippen LogP contribution in [-0.4, -0.2) is 36.8 Å². The van der Waals surface area contributed by atoms with Crippen molar-refractivity contribution >= 4 is 16.6 Å². The molecule has 0 bridgehead atoms. The molecule has 0 spiro atoms. The van der Waals surface area contributed by atoms with Crippen molar-refractivity contribution in [2.24, 2.45) is 0 Å². The molecule has 3 heteroatoms. The van der Waals surface area contributed by atoms with Crippen LogP contribution in [0.2, 0.25) is 0 Å². The number of hydrogen-bond acceptors (Lipinski definition) is 2. The van der Waals surface area contributed by atoms with Crippen molar-refractivity contribution < 1.29 is 0 Å². The summed E-state index contributed by atoms with van der Waals surface area (Å²) in [6.07, 6.45) is 3.64. The summed E-state index contributed by atoms with van der Waals surface area (Å²) < 4.78 is 2.24. The number of aromatic nitrogens is 1. The molecule has 0 saturated carbocycles. The molecule has 0 aliphatic rings. The number of para-hydroxylation sites is 1. The van der Waals surface area contributed by atoms with Gasteiger partial charge in [0.15, 0.2) is 0 Å². The predicted octanol–water partition coefficient (Wildman–Crippen LogP) is 4.36. The van der Waals surface area contributed by atoms with Crippen molar-refractivity contribution in [1.82, 2.24) is 9.47 Å². The minimum atomic E-state index is 0.410. The first-order valence-corrected chi connectivity index (χ1v) is 8.17. The normalized spacial score (nSPS) is 12.7. The van der Waals surface area contributed by atoms with Crippen molar-refractivity contribution in [3.8, 4) is 5.69 Å². The summed E-state index contributed by atoms with van der Waals surface area (Å²) in [6.45, 7) is 2.22. The van der Waals surface area contributed by atoms with E-state index in [0.29, 0.717) is 6.17 Å². The molecule has 0 fully saturated rings. The van der Waals surface area contributed by atoms with Gasteiger partial charge < -0.3 is 9.47 Å². The third-order valence-electron chi connectivity index (χ3n) is 4.54. The van der Waals surface area contributed by atoms with Crippen LogP contribution in [0, 0.1) is 0 Å². The average molecular weight is 307 g/mol. The van der Waals surface area contributed by atoms with E-state index in [9.17, 15) is 0 Å². The van der Waals surface area contributed by atoms with Gasteiger partial charge in [-0.25, -0.2) is 0 Å². The summed E-state index contributed by atoms with van der Waals surface area (Å²) in [6, 6.07) is 19.4. The Kier molecular flexibility index (Phi) is 4.39. The van der Waals surface area contributed by atoms with Crippen LogP contribution in [0.5, 0.6) is 0 Å². The molecule has 0 aliphatic carbocycles. The fourth-order valence-corrected chi connectivity index (χ4v) is 3.31. The molecule has 0 amide bonds. The Morgan fingerprint density at radius 1 is 0.913 bits per heavy atom. The standard InChI is InChI=1S/C20H25N3/c1-5-20(21(2)3)22(4)17-10-12-18(13-11-17)23-15-14-16-8-6-7-9-19(16)23/h6-15,20H,5H2,1-4H3. The van der Waals surface area contributed by atoms with E-state index >= 15 is 0 Å². The minimum absolute atomic E-state index is 0.410. The quantitative estimate of drug-likeness (QED) is 0.649. The average Bonchev–Trinajstić information content (AvgIpc) is 2.99. The topological polar surface area (TPSA) is 11.4 Å². The molecule has 2 aromatic carbocycles. The maximum atomic E-state index is 2.33. The second-order valence-electron chi connectivity index (χ2n) is 6.22. The Morgan fingerprint density at radius 2 is 1.61 bits per heavy atom. The van der Waals surface area contributed by atoms with Gasteiger partial charge in [0.1, 0.15) is 0 Å². The molecule has 0 saturated heterocycles. The second kappa shape index (κ2) is 6.47. The van der Waals surface area contributed by atoms with Crippen LogP contribution in [0.15, 0.2) is 60.8 Å². The van der Waals surface area contributed by atoms with E-state index in [1.165, 1.54) is 22.3 Å². The van der Waals surface area contributed by atoms with Gasteiger partial charge in [0, 0.05) is 24.6 Å². The first-order chi connectivity index (χ1) is 11.1. The van der Waals surface area contributed by atoms with Gasteiger partial charge in [-0.3, -0.25) is 4.90 Å². The lowest BCUT2D eigenvalue weighted by atomic mass is 10.2. The SMILES string of the molecule is CCC(N(C)C)N(C)c1ccc(-n2ccc3ccccc32)cc1. The molecule has 1 heterocycles. The van der Waals surface area contributed by atoms with Crippen LogP contribution in [0.1, 0.15) is 13.3 Å². The largest absolute Gasteiger partial charge is 0.359 e. The zero-order valence-corrected chi connectivity index (χ0v) is 14.4. The van der Waals surface area contributed by atoms with Gasteiger partial charge in [-0.2, -0.15) is 0 Å². The van der Waals surface area contributed by atoms with Crippen molar-refractivity contribution in [2.45, 2.75) is 19.5 Å². The van der Waals surface area contributed by atoms with Gasteiger partial charge in [-0.1, -0.05) is 25.1 Å². The number of rotatable bonds is 5. The van der Waals surface area contributed by atoms with E-state index in [2.05, 4.69) is 103 Å². The van der Waals surface area contributed by atoms with Crippen molar-refractivity contribution in [2.75, 3.05) is 26.0 Å². The van der Waals surface area contributed by atoms with Gasteiger partial charge in [0.05, 0.1) is 11.7 Å². The van der Waals surface area contributed by atoms with Gasteiger partial charge in [0.25, 0.3) is 0 Å². The fourth-order valence-electron chi connectivity index (χ4n) is 3.31. The first-order valence-electron chi connectivity index (χ1n) is 8.17. The summed E-state index contributed by atoms with van der Waals surface area (Å²) in [7, 11) is 6.42. The lowest BCUT2D eigenvalue weighted by molar-refractivity contribution is 0.283. The Balaban J connectivity index is 1.90. The van der Waals surface area contributed by atoms with Gasteiger partial charge in [-0.05, 0) is 62.3 Å². The molecule has 3 rings (SSSR count). The Labute approximate surface area is 138 Å². The van der Waals surface area contributed by atoms with Gasteiger partial charge in [0.2, 0.25) is 0 Å². The van der Waals surface area contributed by atoms with Crippen molar-refractivity contribution in [3.63, 3.8) is 0 Å². The van der Waals surface area contributed by atoms with Crippen LogP contribution in [-0.2, 0) is 0 Å². The maximum Gasteiger partial charge on any atom is 0.0809 e. The molecule has 120 valence electrons. The second-order valence-corrected chi connectivity index (χ2v) is 6.22. The van der Waals surface area contributed by atoms with Crippen molar-refractivity contribution in [3.05, 3.63) is 60.8 Å². The lowest BCUT2D eigenvalue weighted by Crippen LogP contribution is -2.42. The van der Waals surface area contributed by atoms with Crippen LogP contribution < -0.4 is 4.90 Å². The summed E-state index contributed by atoms with van der Waals surface area (Å²) >= 11 is 0. The fraction of sp³-hybridized carbons (Fsp3) is 0.300. The first kappa shape index (κ1) is 15.6. The zero-order valence-electron chi connectivity index (χ0n) is 14.4. The third-order valence-corrected chi connectivity index (χ3v) is 4.54. The molecule has 1 atom stereocenters. The highest BCUT2D eigenvalue weighted by molar-refractivity contribution is 5.81. The summed E-state index contributed by atoms with van der Waals surface area (Å²) in [4.78, 5) is 4.59. The molecule has 1 unspecified atom stereocenters. The summed E-state index contributed by atoms with van der Waals surface area (Å²) in [5, 5.41) is 1.27. The lowest BCUT2D eigenvalue weighted by Gasteiger charge is -2.34. The van der Waals surface area contributed by atoms with Gasteiger partial charge >= 0.3 is 0 Å². The van der Waals surface area contributed by atoms with Crippen molar-refractivity contribution in [1.29, 1.82) is 0 Å². The molecule has 23 heavy (non-hydrogen) atoms. The third kappa shape index (κ3) is 2.97. The summed E-state index contributed by atoms with van der Waals surface area (Å²) in [5.41, 5.74) is 3.68. The van der Waals surface area contributed by atoms with Crippen LogP contribution in [0.3, 0.4) is 0 Å². The molecule has 0 radical (unpaired) electrons. The predicted molar refractivity (Wildman–Crippen MR) is 99.4 cm³/mol. The van der Waals surface area contributed by atoms with E-state index in [-0.39, 0.29) is 0 Å². The molecular formula is C20H25N3. The Hall–Kier alpha value is -2.26. The van der Waals surface area contributed by atoms with Gasteiger partial charge in [-0.15, -0.1) is 0 Å². The highest BCUT2D eigenvalue weighted by atomic mass is 15.3. The van der Waals surface area contributed by atoms with E-state index in [4.69, 9.17) is 0 Å². The number of nitrogens with zero attached hydrogens (tertiary/aromatic N) is 3. The maximum absolute atomic E-state index is 2.33. The number of anilines is 1. The Morgan fingerprint density at radius 3 is 2.26 bits per heavy atom. The summed E-state index contributed by atoms with van der Waals surface area (Å²) in [5.74, 6) is 0. The highest BCUT2D eigenvalue weighted by Crippen LogP contribution is 2.23. The Bertz CT molecular complexity index is 771. The molecule has 1 aromatic heterocycles. The van der Waals surface area contributed by atoms with Crippen LogP contribution >= 0.6 is 0 Å². The van der Waals surface area contributed by atoms with Crippen LogP contribution in [0.25, 0.3) is 16.6 Å².